The number of nitro groups is 1. The number of nitrogens with one attached hydrogen (secondary N) is 1. The van der Waals surface area contributed by atoms with E-state index in [9.17, 15) is 14.9 Å². The fourth-order valence-corrected chi connectivity index (χ4v) is 3.49. The Balaban J connectivity index is 1.56. The number of rotatable bonds is 6. The molecule has 7 nitrogen and oxygen atoms in total. The van der Waals surface area contributed by atoms with E-state index in [1.807, 2.05) is 30.3 Å². The zero-order chi connectivity index (χ0) is 20.2. The van der Waals surface area contributed by atoms with Gasteiger partial charge in [-0.25, -0.2) is 4.98 Å². The Morgan fingerprint density at radius 1 is 1.07 bits per heavy atom. The van der Waals surface area contributed by atoms with Crippen LogP contribution in [0.25, 0.3) is 22.6 Å². The fourth-order valence-electron chi connectivity index (χ4n) is 2.78. The molecule has 0 saturated heterocycles. The minimum atomic E-state index is -0.480. The minimum absolute atomic E-state index is 0.0584. The molecule has 3 aromatic carbocycles. The average molecular weight is 405 g/mol. The van der Waals surface area contributed by atoms with E-state index in [4.69, 9.17) is 4.42 Å². The largest absolute Gasteiger partial charge is 0.436 e. The van der Waals surface area contributed by atoms with E-state index in [0.717, 1.165) is 4.90 Å². The highest BCUT2D eigenvalue weighted by Crippen LogP contribution is 2.31. The van der Waals surface area contributed by atoms with Crippen LogP contribution >= 0.6 is 11.8 Å². The van der Waals surface area contributed by atoms with Crippen molar-refractivity contribution in [2.75, 3.05) is 11.1 Å². The molecule has 1 heterocycles. The highest BCUT2D eigenvalue weighted by atomic mass is 32.2. The predicted octanol–water partition coefficient (Wildman–Crippen LogP) is 5.13. The lowest BCUT2D eigenvalue weighted by molar-refractivity contribution is -0.384. The molecule has 8 heteroatoms. The van der Waals surface area contributed by atoms with Crippen LogP contribution in [0.1, 0.15) is 0 Å². The van der Waals surface area contributed by atoms with Gasteiger partial charge in [0.2, 0.25) is 11.8 Å². The van der Waals surface area contributed by atoms with E-state index in [1.165, 1.54) is 30.0 Å². The second-order valence-corrected chi connectivity index (χ2v) is 7.17. The number of oxazole rings is 1. The number of hydrogen-bond acceptors (Lipinski definition) is 6. The lowest BCUT2D eigenvalue weighted by Gasteiger charge is -2.08. The van der Waals surface area contributed by atoms with Gasteiger partial charge in [0, 0.05) is 17.0 Å². The number of carbonyl (C=O) groups excluding carboxylic acids is 1. The lowest BCUT2D eigenvalue weighted by Crippen LogP contribution is -2.14. The van der Waals surface area contributed by atoms with Crippen molar-refractivity contribution in [1.29, 1.82) is 0 Å². The minimum Gasteiger partial charge on any atom is -0.436 e. The van der Waals surface area contributed by atoms with Gasteiger partial charge >= 0.3 is 0 Å². The summed E-state index contributed by atoms with van der Waals surface area (Å²) in [7, 11) is 0. The number of para-hydroxylation sites is 1. The standard InChI is InChI=1S/C21H15N3O4S/c25-20(13-29-15-6-2-1-3-7-15)22-17-9-5-4-8-16(17)21-23-18-12-14(24(26)27)10-11-19(18)28-21/h1-12H,13H2,(H,22,25). The summed E-state index contributed by atoms with van der Waals surface area (Å²) in [5.41, 5.74) is 1.93. The summed E-state index contributed by atoms with van der Waals surface area (Å²) in [5.74, 6) is 0.392. The second-order valence-electron chi connectivity index (χ2n) is 6.12. The van der Waals surface area contributed by atoms with Crippen molar-refractivity contribution in [2.24, 2.45) is 0 Å². The highest BCUT2D eigenvalue weighted by Gasteiger charge is 2.16. The van der Waals surface area contributed by atoms with E-state index in [2.05, 4.69) is 10.3 Å². The van der Waals surface area contributed by atoms with Crippen molar-refractivity contribution in [3.8, 4) is 11.5 Å². The number of benzene rings is 3. The molecule has 0 saturated carbocycles. The van der Waals surface area contributed by atoms with Gasteiger partial charge in [-0.2, -0.15) is 0 Å². The highest BCUT2D eigenvalue weighted by molar-refractivity contribution is 8.00. The van der Waals surface area contributed by atoms with Gasteiger partial charge in [0.15, 0.2) is 5.58 Å². The topological polar surface area (TPSA) is 98.3 Å². The summed E-state index contributed by atoms with van der Waals surface area (Å²) in [5, 5.41) is 13.8. The fraction of sp³-hybridized carbons (Fsp3) is 0.0476. The Kier molecular flexibility index (Phi) is 5.26. The molecule has 0 atom stereocenters. The first-order valence-corrected chi connectivity index (χ1v) is 9.71. The molecule has 0 aliphatic carbocycles. The van der Waals surface area contributed by atoms with Crippen LogP contribution in [0.3, 0.4) is 0 Å². The Bertz CT molecular complexity index is 1190. The lowest BCUT2D eigenvalue weighted by atomic mass is 10.2. The summed E-state index contributed by atoms with van der Waals surface area (Å²) >= 11 is 1.44. The van der Waals surface area contributed by atoms with E-state index in [-0.39, 0.29) is 23.2 Å². The number of aromatic nitrogens is 1. The number of nitrogens with zero attached hydrogens (tertiary/aromatic N) is 2. The van der Waals surface area contributed by atoms with E-state index >= 15 is 0 Å². The van der Waals surface area contributed by atoms with Crippen molar-refractivity contribution in [2.45, 2.75) is 4.90 Å². The first-order chi connectivity index (χ1) is 14.1. The SMILES string of the molecule is O=C(CSc1ccccc1)Nc1ccccc1-c1nc2cc([N+](=O)[O-])ccc2o1. The summed E-state index contributed by atoms with van der Waals surface area (Å²) in [6.07, 6.45) is 0. The van der Waals surface area contributed by atoms with Crippen LogP contribution in [0.2, 0.25) is 0 Å². The zero-order valence-corrected chi connectivity index (χ0v) is 15.9. The van der Waals surface area contributed by atoms with Crippen LogP contribution < -0.4 is 5.32 Å². The molecule has 4 rings (SSSR count). The van der Waals surface area contributed by atoms with Gasteiger partial charge in [-0.3, -0.25) is 14.9 Å². The Morgan fingerprint density at radius 3 is 2.62 bits per heavy atom. The summed E-state index contributed by atoms with van der Waals surface area (Å²) in [6.45, 7) is 0. The van der Waals surface area contributed by atoms with Gasteiger partial charge in [-0.15, -0.1) is 11.8 Å². The van der Waals surface area contributed by atoms with Gasteiger partial charge < -0.3 is 9.73 Å². The van der Waals surface area contributed by atoms with Crippen LogP contribution in [0.4, 0.5) is 11.4 Å². The predicted molar refractivity (Wildman–Crippen MR) is 112 cm³/mol. The van der Waals surface area contributed by atoms with Gasteiger partial charge in [0.05, 0.1) is 21.9 Å². The smallest absolute Gasteiger partial charge is 0.271 e. The average Bonchev–Trinajstić information content (AvgIpc) is 3.16. The van der Waals surface area contributed by atoms with Crippen molar-refractivity contribution in [3.05, 3.63) is 82.9 Å². The third-order valence-electron chi connectivity index (χ3n) is 4.13. The molecule has 0 aliphatic rings. The molecule has 0 radical (unpaired) electrons. The number of anilines is 1. The summed E-state index contributed by atoms with van der Waals surface area (Å²) < 4.78 is 5.75. The molecule has 0 bridgehead atoms. The molecule has 4 aromatic rings. The van der Waals surface area contributed by atoms with E-state index < -0.39 is 4.92 Å². The first kappa shape index (κ1) is 18.7. The molecule has 1 aromatic heterocycles. The Hall–Kier alpha value is -3.65. The molecule has 0 fully saturated rings. The molecule has 29 heavy (non-hydrogen) atoms. The molecular weight excluding hydrogens is 390 g/mol. The summed E-state index contributed by atoms with van der Waals surface area (Å²) in [4.78, 5) is 28.3. The van der Waals surface area contributed by atoms with Crippen LogP contribution in [0, 0.1) is 10.1 Å². The summed E-state index contributed by atoms with van der Waals surface area (Å²) in [6, 6.07) is 21.1. The molecular formula is C21H15N3O4S. The molecule has 1 amide bonds. The molecule has 1 N–H and O–H groups in total. The quantitative estimate of drug-likeness (QED) is 0.271. The van der Waals surface area contributed by atoms with Gasteiger partial charge in [-0.1, -0.05) is 30.3 Å². The Morgan fingerprint density at radius 2 is 1.83 bits per heavy atom. The molecule has 0 spiro atoms. The third-order valence-corrected chi connectivity index (χ3v) is 5.14. The van der Waals surface area contributed by atoms with Gasteiger partial charge in [0.25, 0.3) is 5.69 Å². The van der Waals surface area contributed by atoms with Crippen LogP contribution in [0.5, 0.6) is 0 Å². The maximum atomic E-state index is 12.4. The van der Waals surface area contributed by atoms with Crippen molar-refractivity contribution < 1.29 is 14.1 Å². The molecule has 0 unspecified atom stereocenters. The van der Waals surface area contributed by atoms with Crippen molar-refractivity contribution in [1.82, 2.24) is 4.98 Å². The van der Waals surface area contributed by atoms with E-state index in [1.54, 1.807) is 24.3 Å². The van der Waals surface area contributed by atoms with E-state index in [0.29, 0.717) is 22.4 Å². The molecule has 0 aliphatic heterocycles. The second kappa shape index (κ2) is 8.15. The number of non-ortho nitro benzene ring substituents is 1. The zero-order valence-electron chi connectivity index (χ0n) is 15.1. The van der Waals surface area contributed by atoms with Crippen molar-refractivity contribution >= 4 is 40.1 Å². The van der Waals surface area contributed by atoms with Crippen molar-refractivity contribution in [3.63, 3.8) is 0 Å². The number of fused-ring (bicyclic) bond motifs is 1. The van der Waals surface area contributed by atoms with Gasteiger partial charge in [0.1, 0.15) is 5.52 Å². The number of hydrogen-bond donors (Lipinski definition) is 1. The number of thioether (sulfide) groups is 1. The van der Waals surface area contributed by atoms with Crippen LogP contribution in [-0.4, -0.2) is 21.6 Å². The third kappa shape index (κ3) is 4.27. The van der Waals surface area contributed by atoms with Crippen LogP contribution in [-0.2, 0) is 4.79 Å². The maximum absolute atomic E-state index is 12.4. The number of carbonyl (C=O) groups is 1. The monoisotopic (exact) mass is 405 g/mol. The number of amides is 1. The normalized spacial score (nSPS) is 10.8. The molecule has 144 valence electrons. The van der Waals surface area contributed by atoms with Gasteiger partial charge in [-0.05, 0) is 30.3 Å². The number of nitro benzene ring substituents is 1. The maximum Gasteiger partial charge on any atom is 0.271 e. The first-order valence-electron chi connectivity index (χ1n) is 8.72. The van der Waals surface area contributed by atoms with Crippen LogP contribution in [0.15, 0.2) is 82.1 Å². The Labute approximate surface area is 169 Å².